The molecule has 0 bridgehead atoms. The lowest BCUT2D eigenvalue weighted by Gasteiger charge is -2.09. The Morgan fingerprint density at radius 3 is 2.62 bits per heavy atom. The molecule has 2 rings (SSSR count). The molecule has 0 amide bonds. The first-order valence-corrected chi connectivity index (χ1v) is 9.48. The largest absolute Gasteiger partial charge is 0.340 e. The topological polar surface area (TPSA) is 86.7 Å². The maximum Gasteiger partial charge on any atom is 0.331 e. The summed E-state index contributed by atoms with van der Waals surface area (Å²) in [6, 6.07) is 5.85. The highest BCUT2D eigenvalue weighted by atomic mass is 16.7. The van der Waals surface area contributed by atoms with E-state index in [-0.39, 0.29) is 5.70 Å². The first-order chi connectivity index (χ1) is 13.6. The fourth-order valence-corrected chi connectivity index (χ4v) is 2.93. The highest BCUT2D eigenvalue weighted by molar-refractivity contribution is 6.01. The molecular formula is C22H27N3O4. The number of carbonyl (C=O) groups is 1. The molecule has 0 saturated carbocycles. The summed E-state index contributed by atoms with van der Waals surface area (Å²) in [5, 5.41) is 17.4. The molecular weight excluding hydrogens is 370 g/mol. The Balaban J connectivity index is 2.68. The van der Waals surface area contributed by atoms with Crippen molar-refractivity contribution in [3.63, 3.8) is 0 Å². The van der Waals surface area contributed by atoms with Crippen molar-refractivity contribution < 1.29 is 14.6 Å². The quantitative estimate of drug-likeness (QED) is 0.310. The van der Waals surface area contributed by atoms with Crippen molar-refractivity contribution >= 4 is 35.2 Å². The number of rotatable bonds is 7. The highest BCUT2D eigenvalue weighted by Crippen LogP contribution is 2.15. The second-order valence-electron chi connectivity index (χ2n) is 7.42. The lowest BCUT2D eigenvalue weighted by Crippen LogP contribution is -2.28. The van der Waals surface area contributed by atoms with E-state index in [4.69, 9.17) is 4.84 Å². The van der Waals surface area contributed by atoms with Gasteiger partial charge in [0, 0.05) is 47.9 Å². The van der Waals surface area contributed by atoms with E-state index in [0.29, 0.717) is 11.6 Å². The molecule has 0 aliphatic heterocycles. The van der Waals surface area contributed by atoms with Crippen molar-refractivity contribution in [3.8, 4) is 0 Å². The summed E-state index contributed by atoms with van der Waals surface area (Å²) in [4.78, 5) is 26.3. The monoisotopic (exact) mass is 397 g/mol. The second-order valence-corrected chi connectivity index (χ2v) is 7.42. The third-order valence-electron chi connectivity index (χ3n) is 4.64. The first kappa shape index (κ1) is 22.1. The van der Waals surface area contributed by atoms with Crippen LogP contribution >= 0.6 is 0 Å². The van der Waals surface area contributed by atoms with Gasteiger partial charge in [-0.15, -0.1) is 0 Å². The Hall–Kier alpha value is -3.22. The Kier molecular flexibility index (Phi) is 7.09. The van der Waals surface area contributed by atoms with E-state index < -0.39 is 10.9 Å². The number of fused-ring (bicyclic) bond motifs is 1. The third kappa shape index (κ3) is 5.40. The summed E-state index contributed by atoms with van der Waals surface area (Å²) in [7, 11) is 0. The van der Waals surface area contributed by atoms with Gasteiger partial charge in [0.25, 0.3) is 0 Å². The smallest absolute Gasteiger partial charge is 0.331 e. The van der Waals surface area contributed by atoms with E-state index >= 15 is 0 Å². The molecule has 0 spiro atoms. The van der Waals surface area contributed by atoms with Gasteiger partial charge in [0.05, 0.1) is 10.6 Å². The summed E-state index contributed by atoms with van der Waals surface area (Å²) in [5.41, 5.74) is 2.45. The van der Waals surface area contributed by atoms with E-state index in [0.717, 1.165) is 40.0 Å². The zero-order valence-corrected chi connectivity index (χ0v) is 17.6. The fourth-order valence-electron chi connectivity index (χ4n) is 2.93. The number of nitro groups is 1. The minimum atomic E-state index is -0.479. The van der Waals surface area contributed by atoms with Crippen molar-refractivity contribution in [1.29, 1.82) is 0 Å². The predicted octanol–water partition coefficient (Wildman–Crippen LogP) is 3.35. The van der Waals surface area contributed by atoms with Gasteiger partial charge < -0.3 is 9.40 Å². The number of aromatic nitrogens is 1. The molecule has 0 saturated heterocycles. The van der Waals surface area contributed by atoms with Crippen LogP contribution < -0.4 is 10.6 Å². The van der Waals surface area contributed by atoms with Gasteiger partial charge >= 0.3 is 5.97 Å². The normalized spacial score (nSPS) is 13.4. The first-order valence-electron chi connectivity index (χ1n) is 9.48. The van der Waals surface area contributed by atoms with Crippen molar-refractivity contribution in [2.45, 2.75) is 47.6 Å². The molecule has 0 atom stereocenters. The molecule has 1 heterocycles. The van der Waals surface area contributed by atoms with Gasteiger partial charge in [0.15, 0.2) is 0 Å². The molecule has 154 valence electrons. The van der Waals surface area contributed by atoms with Gasteiger partial charge in [-0.05, 0) is 43.0 Å². The zero-order chi connectivity index (χ0) is 21.7. The van der Waals surface area contributed by atoms with Gasteiger partial charge in [-0.3, -0.25) is 10.1 Å². The number of benzene rings is 1. The molecule has 1 aromatic heterocycles. The van der Waals surface area contributed by atoms with Crippen LogP contribution in [0, 0.1) is 16.0 Å². The minimum absolute atomic E-state index is 0.0649. The van der Waals surface area contributed by atoms with Crippen molar-refractivity contribution in [2.24, 2.45) is 11.1 Å². The number of nitrogens with zero attached hydrogens (tertiary/aromatic N) is 3. The maximum absolute atomic E-state index is 11.0. The number of hydrogen-bond acceptors (Lipinski definition) is 5. The SMILES string of the molecule is C=c1/c(=C\C=C(/C)[N+](=O)[O-])n(CCC(C)C)c2ccc(/C(C)=N/OC(C)=O)cc12. The Morgan fingerprint density at radius 2 is 2.03 bits per heavy atom. The molecule has 29 heavy (non-hydrogen) atoms. The van der Waals surface area contributed by atoms with Crippen LogP contribution in [-0.2, 0) is 16.2 Å². The minimum Gasteiger partial charge on any atom is -0.340 e. The van der Waals surface area contributed by atoms with E-state index in [2.05, 4.69) is 30.1 Å². The van der Waals surface area contributed by atoms with Gasteiger partial charge in [0.2, 0.25) is 5.70 Å². The van der Waals surface area contributed by atoms with Crippen LogP contribution in [0.1, 0.15) is 46.6 Å². The average Bonchev–Trinajstić information content (AvgIpc) is 2.93. The summed E-state index contributed by atoms with van der Waals surface area (Å²) in [6.07, 6.45) is 4.22. The molecule has 7 nitrogen and oxygen atoms in total. The molecule has 0 aliphatic carbocycles. The van der Waals surface area contributed by atoms with Crippen LogP contribution in [0.4, 0.5) is 0 Å². The van der Waals surface area contributed by atoms with Gasteiger partial charge in [0.1, 0.15) is 0 Å². The van der Waals surface area contributed by atoms with E-state index in [1.54, 1.807) is 13.0 Å². The third-order valence-corrected chi connectivity index (χ3v) is 4.64. The average molecular weight is 397 g/mol. The molecule has 0 N–H and O–H groups in total. The molecule has 0 fully saturated rings. The van der Waals surface area contributed by atoms with Gasteiger partial charge in [-0.25, -0.2) is 4.79 Å². The maximum atomic E-state index is 11.0. The lowest BCUT2D eigenvalue weighted by atomic mass is 10.1. The Labute approximate surface area is 169 Å². The number of allylic oxidation sites excluding steroid dienone is 2. The van der Waals surface area contributed by atoms with Crippen LogP contribution in [-0.4, -0.2) is 21.2 Å². The van der Waals surface area contributed by atoms with Crippen LogP contribution in [0.15, 0.2) is 35.1 Å². The Morgan fingerprint density at radius 1 is 1.34 bits per heavy atom. The van der Waals surface area contributed by atoms with Crippen molar-refractivity contribution in [1.82, 2.24) is 4.57 Å². The molecule has 2 aromatic rings. The van der Waals surface area contributed by atoms with Crippen LogP contribution in [0.3, 0.4) is 0 Å². The highest BCUT2D eigenvalue weighted by Gasteiger charge is 2.10. The molecule has 1 aromatic carbocycles. The summed E-state index contributed by atoms with van der Waals surface area (Å²) >= 11 is 0. The van der Waals surface area contributed by atoms with Crippen LogP contribution in [0.5, 0.6) is 0 Å². The fraction of sp³-hybridized carbons (Fsp3) is 0.364. The van der Waals surface area contributed by atoms with Gasteiger partial charge in [-0.2, -0.15) is 0 Å². The summed E-state index contributed by atoms with van der Waals surface area (Å²) in [6.45, 7) is 13.8. The van der Waals surface area contributed by atoms with Crippen LogP contribution in [0.25, 0.3) is 23.6 Å². The number of oxime groups is 1. The molecule has 0 unspecified atom stereocenters. The van der Waals surface area contributed by atoms with E-state index in [1.807, 2.05) is 18.2 Å². The number of hydrogen-bond donors (Lipinski definition) is 0. The molecule has 0 radical (unpaired) electrons. The lowest BCUT2D eigenvalue weighted by molar-refractivity contribution is -0.424. The van der Waals surface area contributed by atoms with E-state index in [9.17, 15) is 14.9 Å². The molecule has 7 heteroatoms. The van der Waals surface area contributed by atoms with Crippen LogP contribution in [0.2, 0.25) is 0 Å². The summed E-state index contributed by atoms with van der Waals surface area (Å²) in [5.74, 6) is 0.0370. The standard InChI is InChI=1S/C22H27N3O4/c1-14(2)11-12-24-21(9-7-15(3)25(27)28)16(4)20-13-19(8-10-22(20)24)17(5)23-29-18(6)26/h7-10,13-14H,4,11-12H2,1-3,5-6H3/b15-7+,21-9+,23-17+. The molecule has 0 aliphatic rings. The zero-order valence-electron chi connectivity index (χ0n) is 17.6. The van der Waals surface area contributed by atoms with Crippen molar-refractivity contribution in [3.05, 3.63) is 56.2 Å². The second kappa shape index (κ2) is 9.32. The predicted molar refractivity (Wildman–Crippen MR) is 115 cm³/mol. The number of carbonyl (C=O) groups excluding carboxylic acids is 1. The van der Waals surface area contributed by atoms with Crippen molar-refractivity contribution in [2.75, 3.05) is 0 Å². The van der Waals surface area contributed by atoms with Gasteiger partial charge in [-0.1, -0.05) is 31.6 Å². The summed E-state index contributed by atoms with van der Waals surface area (Å²) < 4.78 is 2.14. The van der Waals surface area contributed by atoms with E-state index in [1.165, 1.54) is 19.9 Å². The number of aryl methyl sites for hydroxylation is 1. The Bertz CT molecular complexity index is 1110.